The van der Waals surface area contributed by atoms with Crippen LogP contribution >= 0.6 is 0 Å². The Bertz CT molecular complexity index is 2480. The molecule has 0 aromatic heterocycles. The zero-order chi connectivity index (χ0) is 47.8. The number of fused-ring (bicyclic) bond motifs is 13. The summed E-state index contributed by atoms with van der Waals surface area (Å²) in [5, 5.41) is 49.8. The van der Waals surface area contributed by atoms with Crippen LogP contribution in [-0.2, 0) is 28.6 Å². The molecule has 6 heterocycles. The first-order valence-corrected chi connectivity index (χ1v) is 23.2. The number of hydrogen-bond acceptors (Lipinski definition) is 16. The summed E-state index contributed by atoms with van der Waals surface area (Å²) in [6, 6.07) is 0. The lowest BCUT2D eigenvalue weighted by Crippen LogP contribution is -2.47. The first-order valence-electron chi connectivity index (χ1n) is 23.2. The largest absolute Gasteiger partial charge is 0.507 e. The van der Waals surface area contributed by atoms with E-state index < -0.39 is 71.0 Å². The van der Waals surface area contributed by atoms with Crippen molar-refractivity contribution in [3.05, 3.63) is 58.0 Å². The Hall–Kier alpha value is -5.36. The maximum absolute atomic E-state index is 14.7. The Kier molecular flexibility index (Phi) is 14.3. The van der Waals surface area contributed by atoms with E-state index in [1.165, 1.54) is 26.2 Å². The van der Waals surface area contributed by atoms with Gasteiger partial charge in [0.1, 0.15) is 40.1 Å². The number of ketones is 1. The number of benzene rings is 2. The van der Waals surface area contributed by atoms with E-state index in [1.807, 2.05) is 11.9 Å². The Morgan fingerprint density at radius 1 is 0.970 bits per heavy atom. The van der Waals surface area contributed by atoms with Crippen molar-refractivity contribution in [3.63, 3.8) is 0 Å². The third-order valence-electron chi connectivity index (χ3n) is 13.4. The van der Waals surface area contributed by atoms with Gasteiger partial charge in [0.25, 0.3) is 11.7 Å². The number of aliphatic hydroxyl groups excluding tert-OH is 2. The zero-order valence-corrected chi connectivity index (χ0v) is 39.3. The van der Waals surface area contributed by atoms with Gasteiger partial charge in [-0.25, -0.2) is 4.99 Å². The van der Waals surface area contributed by atoms with Gasteiger partial charge in [-0.05, 0) is 65.5 Å². The van der Waals surface area contributed by atoms with E-state index in [0.717, 1.165) is 26.2 Å². The summed E-state index contributed by atoms with van der Waals surface area (Å²) in [5.74, 6) is -6.83. The number of phenols is 2. The van der Waals surface area contributed by atoms with Gasteiger partial charge >= 0.3 is 17.7 Å². The third-order valence-corrected chi connectivity index (χ3v) is 13.4. The number of Topliss-reactive ketones (excluding diaryl/α,β-unsaturated/α-hetero) is 1. The number of carbonyl (C=O) groups excluding carboxylic acids is 4. The molecule has 358 valence electrons. The van der Waals surface area contributed by atoms with Gasteiger partial charge in [-0.15, -0.1) is 0 Å². The summed E-state index contributed by atoms with van der Waals surface area (Å²) >= 11 is 0. The Morgan fingerprint density at radius 2 is 1.67 bits per heavy atom. The molecule has 2 saturated heterocycles. The number of likely N-dealkylation sites (N-methyl/N-ethyl adjacent to an activating group) is 1. The highest BCUT2D eigenvalue weighted by Crippen LogP contribution is 2.51. The van der Waals surface area contributed by atoms with Crippen molar-refractivity contribution in [3.8, 4) is 17.2 Å². The number of anilines is 1. The SMILES string of the molecule is C/C1=C/C=C/C(C)[C@H](O)CC(O)C[C@H](OC(=O)C(C)C(=O)OC2CCN(C)C2)CC/C=C/OC2(C)Oc3c(C)c(O)c4c(O)c(c5c(c4c3C2=O)NC2(CCN(CC(C)C)CC2)N=5)=NC1=O. The van der Waals surface area contributed by atoms with Gasteiger partial charge in [-0.1, -0.05) is 39.0 Å². The molecule has 17 heteroatoms. The van der Waals surface area contributed by atoms with E-state index in [1.54, 1.807) is 39.0 Å². The van der Waals surface area contributed by atoms with Gasteiger partial charge in [0.05, 0.1) is 35.1 Å². The number of nitrogens with one attached hydrogen (secondary N) is 1. The number of likely N-dealkylation sites (tertiary alicyclic amines) is 2. The van der Waals surface area contributed by atoms with Crippen molar-refractivity contribution < 1.29 is 58.6 Å². The third kappa shape index (κ3) is 9.99. The molecule has 2 fully saturated rings. The summed E-state index contributed by atoms with van der Waals surface area (Å²) in [7, 11) is 1.92. The summed E-state index contributed by atoms with van der Waals surface area (Å²) in [6.45, 7) is 15.7. The molecule has 8 rings (SSSR count). The Balaban J connectivity index is 1.25. The van der Waals surface area contributed by atoms with E-state index in [9.17, 15) is 39.6 Å². The second-order valence-electron chi connectivity index (χ2n) is 19.3. The number of hydrogen-bond donors (Lipinski definition) is 5. The lowest BCUT2D eigenvalue weighted by molar-refractivity contribution is -0.167. The molecule has 2 aromatic rings. The van der Waals surface area contributed by atoms with Crippen LogP contribution in [0.25, 0.3) is 10.8 Å². The van der Waals surface area contributed by atoms with Crippen molar-refractivity contribution in [1.82, 2.24) is 9.80 Å². The van der Waals surface area contributed by atoms with Crippen LogP contribution in [0.1, 0.15) is 102 Å². The molecule has 0 radical (unpaired) electrons. The molecule has 17 nitrogen and oxygen atoms in total. The first-order chi connectivity index (χ1) is 31.2. The predicted octanol–water partition coefficient (Wildman–Crippen LogP) is 4.25. The number of piperidine rings is 1. The maximum atomic E-state index is 14.7. The van der Waals surface area contributed by atoms with E-state index in [0.29, 0.717) is 37.4 Å². The van der Waals surface area contributed by atoms with E-state index >= 15 is 0 Å². The highest BCUT2D eigenvalue weighted by molar-refractivity contribution is 6.21. The van der Waals surface area contributed by atoms with Crippen molar-refractivity contribution in [2.24, 2.45) is 27.7 Å². The molecule has 1 spiro atoms. The van der Waals surface area contributed by atoms with Crippen molar-refractivity contribution in [2.75, 3.05) is 45.1 Å². The van der Waals surface area contributed by atoms with E-state index in [-0.39, 0.29) is 81.5 Å². The summed E-state index contributed by atoms with van der Waals surface area (Å²) in [4.78, 5) is 68.7. The second kappa shape index (κ2) is 19.5. The number of aromatic hydroxyl groups is 2. The number of allylic oxidation sites excluding steroid dienone is 3. The van der Waals surface area contributed by atoms with Gasteiger partial charge in [0.15, 0.2) is 11.7 Å². The van der Waals surface area contributed by atoms with Crippen LogP contribution in [0.2, 0.25) is 0 Å². The van der Waals surface area contributed by atoms with Gasteiger partial charge in [0, 0.05) is 81.4 Å². The number of rotatable bonds is 6. The first kappa shape index (κ1) is 48.6. The minimum Gasteiger partial charge on any atom is -0.507 e. The monoisotopic (exact) mass is 915 g/mol. The van der Waals surface area contributed by atoms with Crippen LogP contribution < -0.4 is 20.8 Å². The number of phenolic OH excluding ortho intramolecular Hbond substituents is 2. The molecule has 7 atom stereocenters. The van der Waals surface area contributed by atoms with Gasteiger partial charge in [-0.2, -0.15) is 0 Å². The molecular weight excluding hydrogens is 851 g/mol. The van der Waals surface area contributed by atoms with Crippen molar-refractivity contribution in [2.45, 2.75) is 129 Å². The van der Waals surface area contributed by atoms with E-state index in [2.05, 4.69) is 29.1 Å². The Labute approximate surface area is 384 Å². The highest BCUT2D eigenvalue weighted by Gasteiger charge is 2.50. The molecule has 66 heavy (non-hydrogen) atoms. The molecule has 5 N–H and O–H groups in total. The summed E-state index contributed by atoms with van der Waals surface area (Å²) in [5.41, 5.74) is -0.134. The molecule has 2 aromatic carbocycles. The molecule has 6 aliphatic heterocycles. The molecule has 5 unspecified atom stereocenters. The van der Waals surface area contributed by atoms with Crippen LogP contribution in [0, 0.1) is 24.7 Å². The molecule has 6 aliphatic rings. The van der Waals surface area contributed by atoms with Crippen molar-refractivity contribution >= 4 is 40.1 Å². The number of ether oxygens (including phenoxy) is 4. The summed E-state index contributed by atoms with van der Waals surface area (Å²) in [6.07, 6.45) is 6.44. The lowest BCUT2D eigenvalue weighted by atomic mass is 9.92. The quantitative estimate of drug-likeness (QED) is 0.155. The van der Waals surface area contributed by atoms with Crippen LogP contribution in [0.4, 0.5) is 5.69 Å². The number of esters is 2. The van der Waals surface area contributed by atoms with Crippen LogP contribution in [0.5, 0.6) is 17.2 Å². The van der Waals surface area contributed by atoms with Gasteiger partial charge < -0.3 is 54.5 Å². The fourth-order valence-electron chi connectivity index (χ4n) is 9.38. The number of carbonyl (C=O) groups is 4. The average molecular weight is 916 g/mol. The van der Waals surface area contributed by atoms with E-state index in [4.69, 9.17) is 23.9 Å². The van der Waals surface area contributed by atoms with Crippen LogP contribution in [0.3, 0.4) is 0 Å². The molecule has 0 saturated carbocycles. The summed E-state index contributed by atoms with van der Waals surface area (Å²) < 4.78 is 23.7. The molecular formula is C49H65N5O12. The maximum Gasteiger partial charge on any atom is 0.320 e. The highest BCUT2D eigenvalue weighted by atomic mass is 16.7. The fraction of sp³-hybridized carbons (Fsp3) is 0.592. The fourth-order valence-corrected chi connectivity index (χ4v) is 9.38. The number of amides is 1. The lowest BCUT2D eigenvalue weighted by Gasteiger charge is -2.38. The normalized spacial score (nSPS) is 29.6. The topological polar surface area (TPSA) is 229 Å². The second-order valence-corrected chi connectivity index (χ2v) is 19.3. The number of aliphatic hydroxyl groups is 2. The van der Waals surface area contributed by atoms with Crippen LogP contribution in [0.15, 0.2) is 46.1 Å². The van der Waals surface area contributed by atoms with Gasteiger partial charge in [0.2, 0.25) is 0 Å². The van der Waals surface area contributed by atoms with Crippen molar-refractivity contribution in [1.29, 1.82) is 0 Å². The van der Waals surface area contributed by atoms with Gasteiger partial charge in [-0.3, -0.25) is 24.2 Å². The molecule has 5 bridgehead atoms. The number of nitrogens with zero attached hydrogens (tertiary/aromatic N) is 4. The molecule has 0 aliphatic carbocycles. The zero-order valence-electron chi connectivity index (χ0n) is 39.3. The standard InChI is InChI=1S/C49H65N5O12/c1-26(2)24-54-19-16-49(17-20-54)51-38-35-36-41(57)29(5)43-37(35)44(59)48(7,66-43)63-21-10-9-14-32(64-46(61)30(6)47(62)65-33-15-18-53(8)25-33)22-31(55)23-34(56)27(3)12-11-13-28(4)45(60)50-40(42(36)58)39(38)52-49/h10-13,21,26-27,30-34,51,55-58H,9,14-20,22-25H2,1-8H3/b12-11+,21-10+,28-13-,50-40?/t27?,30?,31?,32-,33?,34-,48?/m1/s1. The molecule has 1 amide bonds. The van der Waals surface area contributed by atoms with Crippen LogP contribution in [-0.4, -0.2) is 129 Å². The predicted molar refractivity (Wildman–Crippen MR) is 243 cm³/mol. The smallest absolute Gasteiger partial charge is 0.320 e. The minimum absolute atomic E-state index is 0.0539. The minimum atomic E-state index is -1.93. The average Bonchev–Trinajstić information content (AvgIpc) is 3.93. The Morgan fingerprint density at radius 3 is 2.33 bits per heavy atom.